The maximum absolute atomic E-state index is 5.43. The maximum Gasteiger partial charge on any atom is 0.0713 e. The normalized spacial score (nSPS) is 19.0. The van der Waals surface area contributed by atoms with E-state index >= 15 is 0 Å². The molecule has 1 fully saturated rings. The van der Waals surface area contributed by atoms with Gasteiger partial charge < -0.3 is 4.74 Å². The number of ether oxygens (including phenoxy) is 1. The predicted octanol–water partition coefficient (Wildman–Crippen LogP) is 8.41. The van der Waals surface area contributed by atoms with Gasteiger partial charge in [-0.25, -0.2) is 0 Å². The monoisotopic (exact) mass is 410 g/mol. The zero-order valence-electron chi connectivity index (χ0n) is 18.9. The molecule has 0 radical (unpaired) electrons. The van der Waals surface area contributed by atoms with Crippen molar-refractivity contribution in [2.45, 2.75) is 51.6 Å². The Labute approximate surface area is 187 Å². The first kappa shape index (κ1) is 21.6. The van der Waals surface area contributed by atoms with Crippen LogP contribution < -0.4 is 0 Å². The molecule has 31 heavy (non-hydrogen) atoms. The lowest BCUT2D eigenvalue weighted by atomic mass is 9.75. The molecular formula is C30H34O. The van der Waals surface area contributed by atoms with Gasteiger partial charge in [-0.1, -0.05) is 84.9 Å². The van der Waals surface area contributed by atoms with Crippen molar-refractivity contribution >= 4 is 0 Å². The molecule has 0 saturated heterocycles. The average molecular weight is 411 g/mol. The fourth-order valence-corrected chi connectivity index (χ4v) is 4.98. The van der Waals surface area contributed by atoms with Crippen LogP contribution in [0.15, 0.2) is 84.9 Å². The van der Waals surface area contributed by atoms with Crippen LogP contribution in [0.5, 0.6) is 0 Å². The minimum absolute atomic E-state index is 0.641. The van der Waals surface area contributed by atoms with Gasteiger partial charge in [0.2, 0.25) is 0 Å². The van der Waals surface area contributed by atoms with Crippen LogP contribution in [0.25, 0.3) is 22.3 Å². The molecule has 1 heteroatoms. The van der Waals surface area contributed by atoms with Crippen LogP contribution in [0, 0.1) is 5.92 Å². The Morgan fingerprint density at radius 3 is 2.16 bits per heavy atom. The van der Waals surface area contributed by atoms with Crippen LogP contribution in [0.1, 0.15) is 56.1 Å². The number of methoxy groups -OCH3 is 1. The summed E-state index contributed by atoms with van der Waals surface area (Å²) in [6.07, 6.45) is 11.0. The second-order valence-corrected chi connectivity index (χ2v) is 8.82. The quantitative estimate of drug-likeness (QED) is 0.355. The number of hydrogen-bond donors (Lipinski definition) is 0. The van der Waals surface area contributed by atoms with E-state index in [2.05, 4.69) is 91.9 Å². The second-order valence-electron chi connectivity index (χ2n) is 8.82. The number of allylic oxidation sites excluding steroid dienone is 2. The second kappa shape index (κ2) is 10.6. The summed E-state index contributed by atoms with van der Waals surface area (Å²) < 4.78 is 5.43. The number of hydrogen-bond acceptors (Lipinski definition) is 1. The standard InChI is InChI=1S/C30H34O/c1-3-4-8-23-11-14-28(15-12-23)30-21-24(22-31-2)13-20-29(30)27-18-16-26(17-19-27)25-9-6-5-7-10-25/h3-7,9-10,13,16-21,23,28H,8,11-12,14-15,22H2,1-2H3/b4-3+. The Kier molecular flexibility index (Phi) is 7.38. The molecule has 4 rings (SSSR count). The van der Waals surface area contributed by atoms with E-state index in [1.54, 1.807) is 7.11 Å². The molecule has 0 unspecified atom stereocenters. The molecule has 0 atom stereocenters. The Morgan fingerprint density at radius 2 is 1.48 bits per heavy atom. The molecule has 0 bridgehead atoms. The molecule has 0 aliphatic heterocycles. The highest BCUT2D eigenvalue weighted by atomic mass is 16.5. The minimum Gasteiger partial charge on any atom is -0.380 e. The lowest BCUT2D eigenvalue weighted by molar-refractivity contribution is 0.185. The maximum atomic E-state index is 5.43. The van der Waals surface area contributed by atoms with Crippen molar-refractivity contribution < 1.29 is 4.74 Å². The smallest absolute Gasteiger partial charge is 0.0713 e. The largest absolute Gasteiger partial charge is 0.380 e. The van der Waals surface area contributed by atoms with Crippen molar-refractivity contribution in [1.29, 1.82) is 0 Å². The predicted molar refractivity (Wildman–Crippen MR) is 132 cm³/mol. The van der Waals surface area contributed by atoms with E-state index in [0.717, 1.165) is 5.92 Å². The Bertz CT molecular complexity index is 977. The fraction of sp³-hybridized carbons (Fsp3) is 0.333. The molecule has 1 saturated carbocycles. The molecule has 0 spiro atoms. The summed E-state index contributed by atoms with van der Waals surface area (Å²) in [7, 11) is 1.78. The summed E-state index contributed by atoms with van der Waals surface area (Å²) in [4.78, 5) is 0. The van der Waals surface area contributed by atoms with Gasteiger partial charge in [0.05, 0.1) is 6.61 Å². The summed E-state index contributed by atoms with van der Waals surface area (Å²) in [5.74, 6) is 1.49. The van der Waals surface area contributed by atoms with Crippen LogP contribution in [0.2, 0.25) is 0 Å². The van der Waals surface area contributed by atoms with Gasteiger partial charge in [-0.15, -0.1) is 0 Å². The zero-order chi connectivity index (χ0) is 21.5. The summed E-state index contributed by atoms with van der Waals surface area (Å²) in [6.45, 7) is 2.80. The summed E-state index contributed by atoms with van der Waals surface area (Å²) in [6, 6.07) is 26.6. The van der Waals surface area contributed by atoms with Gasteiger partial charge in [0.25, 0.3) is 0 Å². The Hall–Kier alpha value is -2.64. The summed E-state index contributed by atoms with van der Waals surface area (Å²) in [5.41, 5.74) is 8.02. The molecule has 3 aromatic rings. The van der Waals surface area contributed by atoms with E-state index in [0.29, 0.717) is 12.5 Å². The van der Waals surface area contributed by atoms with Crippen molar-refractivity contribution in [3.63, 3.8) is 0 Å². The minimum atomic E-state index is 0.641. The molecule has 160 valence electrons. The highest BCUT2D eigenvalue weighted by Crippen LogP contribution is 2.41. The molecule has 1 nitrogen and oxygen atoms in total. The first-order valence-corrected chi connectivity index (χ1v) is 11.7. The van der Waals surface area contributed by atoms with Crippen LogP contribution in [0.4, 0.5) is 0 Å². The van der Waals surface area contributed by atoms with Gasteiger partial charge in [-0.2, -0.15) is 0 Å². The van der Waals surface area contributed by atoms with E-state index in [4.69, 9.17) is 4.74 Å². The zero-order valence-corrected chi connectivity index (χ0v) is 18.9. The third kappa shape index (κ3) is 5.35. The van der Waals surface area contributed by atoms with Gasteiger partial charge >= 0.3 is 0 Å². The lowest BCUT2D eigenvalue weighted by Gasteiger charge is -2.30. The van der Waals surface area contributed by atoms with E-state index in [1.807, 2.05) is 0 Å². The average Bonchev–Trinajstić information content (AvgIpc) is 2.84. The summed E-state index contributed by atoms with van der Waals surface area (Å²) in [5, 5.41) is 0. The van der Waals surface area contributed by atoms with E-state index in [1.165, 1.54) is 65.5 Å². The molecule has 1 aliphatic carbocycles. The highest BCUT2D eigenvalue weighted by Gasteiger charge is 2.24. The molecule has 0 heterocycles. The van der Waals surface area contributed by atoms with Crippen LogP contribution >= 0.6 is 0 Å². The third-order valence-electron chi connectivity index (χ3n) is 6.72. The molecule has 0 N–H and O–H groups in total. The van der Waals surface area contributed by atoms with Crippen LogP contribution in [-0.2, 0) is 11.3 Å². The van der Waals surface area contributed by atoms with E-state index in [9.17, 15) is 0 Å². The molecule has 3 aromatic carbocycles. The lowest BCUT2D eigenvalue weighted by Crippen LogP contribution is -2.14. The Morgan fingerprint density at radius 1 is 0.806 bits per heavy atom. The Balaban J connectivity index is 1.60. The first-order valence-electron chi connectivity index (χ1n) is 11.7. The molecule has 0 amide bonds. The van der Waals surface area contributed by atoms with Crippen molar-refractivity contribution in [2.75, 3.05) is 7.11 Å². The number of rotatable bonds is 7. The SMILES string of the molecule is C/C=C/CC1CCC(c2cc(COC)ccc2-c2ccc(-c3ccccc3)cc2)CC1. The topological polar surface area (TPSA) is 9.23 Å². The van der Waals surface area contributed by atoms with Crippen LogP contribution in [-0.4, -0.2) is 7.11 Å². The van der Waals surface area contributed by atoms with E-state index < -0.39 is 0 Å². The first-order chi connectivity index (χ1) is 15.3. The van der Waals surface area contributed by atoms with Gasteiger partial charge in [-0.3, -0.25) is 0 Å². The molecular weight excluding hydrogens is 376 g/mol. The van der Waals surface area contributed by atoms with Crippen molar-refractivity contribution in [2.24, 2.45) is 5.92 Å². The van der Waals surface area contributed by atoms with Gasteiger partial charge in [-0.05, 0) is 84.2 Å². The van der Waals surface area contributed by atoms with Gasteiger partial charge in [0.1, 0.15) is 0 Å². The van der Waals surface area contributed by atoms with Gasteiger partial charge in [0.15, 0.2) is 0 Å². The molecule has 0 aromatic heterocycles. The van der Waals surface area contributed by atoms with Crippen molar-refractivity contribution in [3.8, 4) is 22.3 Å². The van der Waals surface area contributed by atoms with Gasteiger partial charge in [0, 0.05) is 7.11 Å². The third-order valence-corrected chi connectivity index (χ3v) is 6.72. The van der Waals surface area contributed by atoms with Crippen molar-refractivity contribution in [3.05, 3.63) is 96.1 Å². The fourth-order valence-electron chi connectivity index (χ4n) is 4.98. The van der Waals surface area contributed by atoms with Crippen LogP contribution in [0.3, 0.4) is 0 Å². The van der Waals surface area contributed by atoms with Crippen molar-refractivity contribution in [1.82, 2.24) is 0 Å². The van der Waals surface area contributed by atoms with E-state index in [-0.39, 0.29) is 0 Å². The molecule has 1 aliphatic rings. The highest BCUT2D eigenvalue weighted by molar-refractivity contribution is 5.73. The summed E-state index contributed by atoms with van der Waals surface area (Å²) >= 11 is 0. The number of benzene rings is 3.